The fourth-order valence-electron chi connectivity index (χ4n) is 2.25. The SMILES string of the molecule is NC1CCC(C(=O)Nc2cccc(C(F)F)c2)C1. The zero-order valence-electron chi connectivity index (χ0n) is 9.90. The third kappa shape index (κ3) is 3.04. The van der Waals surface area contributed by atoms with Crippen LogP contribution in [0.4, 0.5) is 14.5 Å². The van der Waals surface area contributed by atoms with Crippen molar-refractivity contribution in [2.45, 2.75) is 31.7 Å². The molecule has 3 nitrogen and oxygen atoms in total. The van der Waals surface area contributed by atoms with Crippen molar-refractivity contribution in [3.63, 3.8) is 0 Å². The van der Waals surface area contributed by atoms with E-state index in [1.165, 1.54) is 18.2 Å². The van der Waals surface area contributed by atoms with Crippen LogP contribution < -0.4 is 11.1 Å². The molecule has 1 fully saturated rings. The van der Waals surface area contributed by atoms with Gasteiger partial charge in [-0.15, -0.1) is 0 Å². The molecule has 1 aromatic rings. The number of carbonyl (C=O) groups is 1. The Morgan fingerprint density at radius 2 is 2.17 bits per heavy atom. The Morgan fingerprint density at radius 1 is 1.39 bits per heavy atom. The zero-order valence-corrected chi connectivity index (χ0v) is 9.90. The number of benzene rings is 1. The van der Waals surface area contributed by atoms with Gasteiger partial charge >= 0.3 is 0 Å². The van der Waals surface area contributed by atoms with E-state index in [0.29, 0.717) is 12.1 Å². The first-order chi connectivity index (χ1) is 8.56. The fourth-order valence-corrected chi connectivity index (χ4v) is 2.25. The summed E-state index contributed by atoms with van der Waals surface area (Å²) in [5.41, 5.74) is 6.07. The highest BCUT2D eigenvalue weighted by molar-refractivity contribution is 5.92. The molecule has 0 spiro atoms. The van der Waals surface area contributed by atoms with Gasteiger partial charge in [-0.1, -0.05) is 12.1 Å². The maximum atomic E-state index is 12.5. The first kappa shape index (κ1) is 13.0. The van der Waals surface area contributed by atoms with Crippen LogP contribution in [0, 0.1) is 5.92 Å². The van der Waals surface area contributed by atoms with Gasteiger partial charge < -0.3 is 11.1 Å². The topological polar surface area (TPSA) is 55.1 Å². The molecular formula is C13H16F2N2O. The smallest absolute Gasteiger partial charge is 0.263 e. The molecule has 0 aliphatic heterocycles. The molecule has 0 bridgehead atoms. The number of nitrogens with one attached hydrogen (secondary N) is 1. The summed E-state index contributed by atoms with van der Waals surface area (Å²) in [6.45, 7) is 0. The summed E-state index contributed by atoms with van der Waals surface area (Å²) in [5, 5.41) is 2.67. The lowest BCUT2D eigenvalue weighted by Gasteiger charge is -2.11. The molecule has 98 valence electrons. The first-order valence-corrected chi connectivity index (χ1v) is 6.01. The van der Waals surface area contributed by atoms with E-state index in [9.17, 15) is 13.6 Å². The zero-order chi connectivity index (χ0) is 13.1. The average Bonchev–Trinajstić information content (AvgIpc) is 2.76. The van der Waals surface area contributed by atoms with E-state index >= 15 is 0 Å². The van der Waals surface area contributed by atoms with Gasteiger partial charge in [-0.25, -0.2) is 8.78 Å². The van der Waals surface area contributed by atoms with Crippen molar-refractivity contribution >= 4 is 11.6 Å². The highest BCUT2D eigenvalue weighted by Gasteiger charge is 2.27. The minimum Gasteiger partial charge on any atom is -0.328 e. The number of nitrogens with two attached hydrogens (primary N) is 1. The van der Waals surface area contributed by atoms with Gasteiger partial charge in [0.05, 0.1) is 0 Å². The van der Waals surface area contributed by atoms with Crippen LogP contribution in [0.3, 0.4) is 0 Å². The number of alkyl halides is 2. The molecule has 0 radical (unpaired) electrons. The minimum atomic E-state index is -2.53. The predicted molar refractivity (Wildman–Crippen MR) is 65.3 cm³/mol. The van der Waals surface area contributed by atoms with Crippen LogP contribution in [0.5, 0.6) is 0 Å². The van der Waals surface area contributed by atoms with Crippen molar-refractivity contribution < 1.29 is 13.6 Å². The molecular weight excluding hydrogens is 238 g/mol. The predicted octanol–water partition coefficient (Wildman–Crippen LogP) is 2.69. The standard InChI is InChI=1S/C13H16F2N2O/c14-12(15)8-2-1-3-11(7-8)17-13(18)9-4-5-10(16)6-9/h1-3,7,9-10,12H,4-6,16H2,(H,17,18). The summed E-state index contributed by atoms with van der Waals surface area (Å²) in [5.74, 6) is -0.232. The second-order valence-corrected chi connectivity index (χ2v) is 4.69. The number of hydrogen-bond acceptors (Lipinski definition) is 2. The van der Waals surface area contributed by atoms with Crippen LogP contribution in [0.25, 0.3) is 0 Å². The summed E-state index contributed by atoms with van der Waals surface area (Å²) < 4.78 is 25.0. The molecule has 0 saturated heterocycles. The van der Waals surface area contributed by atoms with Crippen molar-refractivity contribution in [3.8, 4) is 0 Å². The Morgan fingerprint density at radius 3 is 2.78 bits per heavy atom. The van der Waals surface area contributed by atoms with Crippen molar-refractivity contribution in [3.05, 3.63) is 29.8 Å². The molecule has 0 aromatic heterocycles. The number of halogens is 2. The van der Waals surface area contributed by atoms with Crippen molar-refractivity contribution in [1.82, 2.24) is 0 Å². The van der Waals surface area contributed by atoms with Crippen molar-refractivity contribution in [1.29, 1.82) is 0 Å². The van der Waals surface area contributed by atoms with Gasteiger partial charge in [-0.3, -0.25) is 4.79 Å². The molecule has 1 aliphatic carbocycles. The van der Waals surface area contributed by atoms with E-state index in [2.05, 4.69) is 5.32 Å². The molecule has 2 rings (SSSR count). The maximum Gasteiger partial charge on any atom is 0.263 e. The second kappa shape index (κ2) is 5.44. The van der Waals surface area contributed by atoms with Gasteiger partial charge in [0.15, 0.2) is 0 Å². The number of rotatable bonds is 3. The van der Waals surface area contributed by atoms with E-state index in [-0.39, 0.29) is 23.4 Å². The fraction of sp³-hybridized carbons (Fsp3) is 0.462. The number of anilines is 1. The highest BCUT2D eigenvalue weighted by atomic mass is 19.3. The van der Waals surface area contributed by atoms with Crippen LogP contribution in [-0.4, -0.2) is 11.9 Å². The first-order valence-electron chi connectivity index (χ1n) is 6.01. The molecule has 1 aliphatic rings. The Bertz CT molecular complexity index is 437. The lowest BCUT2D eigenvalue weighted by Crippen LogP contribution is -2.23. The summed E-state index contributed by atoms with van der Waals surface area (Å²) in [6, 6.07) is 5.84. The summed E-state index contributed by atoms with van der Waals surface area (Å²) in [4.78, 5) is 11.9. The van der Waals surface area contributed by atoms with Crippen molar-refractivity contribution in [2.75, 3.05) is 5.32 Å². The molecule has 1 saturated carbocycles. The quantitative estimate of drug-likeness (QED) is 0.871. The molecule has 2 atom stereocenters. The summed E-state index contributed by atoms with van der Waals surface area (Å²) >= 11 is 0. The lowest BCUT2D eigenvalue weighted by molar-refractivity contribution is -0.119. The van der Waals surface area contributed by atoms with Crippen molar-refractivity contribution in [2.24, 2.45) is 11.7 Å². The molecule has 5 heteroatoms. The molecule has 0 heterocycles. The van der Waals surface area contributed by atoms with Gasteiger partial charge in [0, 0.05) is 23.2 Å². The second-order valence-electron chi connectivity index (χ2n) is 4.69. The lowest BCUT2D eigenvalue weighted by atomic mass is 10.1. The summed E-state index contributed by atoms with van der Waals surface area (Å²) in [7, 11) is 0. The Labute approximate surface area is 104 Å². The van der Waals surface area contributed by atoms with E-state index in [1.807, 2.05) is 0 Å². The molecule has 18 heavy (non-hydrogen) atoms. The van der Waals surface area contributed by atoms with Crippen LogP contribution in [0.15, 0.2) is 24.3 Å². The van der Waals surface area contributed by atoms with Crippen LogP contribution in [-0.2, 0) is 4.79 Å². The van der Waals surface area contributed by atoms with Gasteiger partial charge in [-0.05, 0) is 31.4 Å². The number of carbonyl (C=O) groups excluding carboxylic acids is 1. The third-order valence-corrected chi connectivity index (χ3v) is 3.25. The molecule has 2 unspecified atom stereocenters. The van der Waals surface area contributed by atoms with Crippen LogP contribution >= 0.6 is 0 Å². The van der Waals surface area contributed by atoms with E-state index in [1.54, 1.807) is 6.07 Å². The summed E-state index contributed by atoms with van der Waals surface area (Å²) in [6.07, 6.45) is -0.251. The monoisotopic (exact) mass is 254 g/mol. The van der Waals surface area contributed by atoms with Gasteiger partial charge in [0.1, 0.15) is 0 Å². The van der Waals surface area contributed by atoms with Gasteiger partial charge in [-0.2, -0.15) is 0 Å². The number of hydrogen-bond donors (Lipinski definition) is 2. The Kier molecular flexibility index (Phi) is 3.91. The van der Waals surface area contributed by atoms with Crippen LogP contribution in [0.1, 0.15) is 31.3 Å². The molecule has 1 aromatic carbocycles. The Balaban J connectivity index is 2.00. The van der Waals surface area contributed by atoms with Gasteiger partial charge in [0.25, 0.3) is 6.43 Å². The van der Waals surface area contributed by atoms with E-state index in [0.717, 1.165) is 12.8 Å². The van der Waals surface area contributed by atoms with Gasteiger partial charge in [0.2, 0.25) is 5.91 Å². The Hall–Kier alpha value is -1.49. The molecule has 3 N–H and O–H groups in total. The highest BCUT2D eigenvalue weighted by Crippen LogP contribution is 2.26. The largest absolute Gasteiger partial charge is 0.328 e. The maximum absolute atomic E-state index is 12.5. The molecule has 1 amide bonds. The number of amides is 1. The average molecular weight is 254 g/mol. The van der Waals surface area contributed by atoms with Crippen LogP contribution in [0.2, 0.25) is 0 Å². The third-order valence-electron chi connectivity index (χ3n) is 3.25. The minimum absolute atomic E-state index is 0.0770. The van der Waals surface area contributed by atoms with E-state index in [4.69, 9.17) is 5.73 Å². The normalized spacial score (nSPS) is 23.3. The van der Waals surface area contributed by atoms with E-state index < -0.39 is 6.43 Å².